The first kappa shape index (κ1) is 11.0. The molecule has 0 amide bonds. The molecule has 0 N–H and O–H groups in total. The second-order valence-corrected chi connectivity index (χ2v) is 3.94. The van der Waals surface area contributed by atoms with Gasteiger partial charge in [0.1, 0.15) is 0 Å². The summed E-state index contributed by atoms with van der Waals surface area (Å²) in [5.74, 6) is -0.786. The van der Waals surface area contributed by atoms with Crippen molar-refractivity contribution in [2.24, 2.45) is 0 Å². The number of hydrogen-bond acceptors (Lipinski definition) is 3. The Morgan fingerprint density at radius 1 is 1.31 bits per heavy atom. The molecule has 5 nitrogen and oxygen atoms in total. The van der Waals surface area contributed by atoms with Gasteiger partial charge in [0, 0.05) is 25.0 Å². The molecule has 1 heterocycles. The summed E-state index contributed by atoms with van der Waals surface area (Å²) < 4.78 is 12.9. The standard InChI is InChI=1S/C10H11FN2O3/c11-9-7-8(12(14)15)3-4-10(9)13(16)5-1-2-6-13/h3-4,7H,1-2,5-6H2. The molecule has 6 heteroatoms. The highest BCUT2D eigenvalue weighted by Gasteiger charge is 2.29. The molecule has 1 fully saturated rings. The van der Waals surface area contributed by atoms with E-state index in [9.17, 15) is 19.7 Å². The first-order valence-electron chi connectivity index (χ1n) is 5.05. The van der Waals surface area contributed by atoms with Crippen molar-refractivity contribution < 1.29 is 9.31 Å². The summed E-state index contributed by atoms with van der Waals surface area (Å²) in [5.41, 5.74) is -0.324. The second-order valence-electron chi connectivity index (χ2n) is 3.94. The SMILES string of the molecule is O=[N+]([O-])c1ccc([N+]2([O-])CCCC2)c(F)c1. The molecule has 0 radical (unpaired) electrons. The second kappa shape index (κ2) is 3.80. The van der Waals surface area contributed by atoms with E-state index in [-0.39, 0.29) is 11.4 Å². The largest absolute Gasteiger partial charge is 0.627 e. The van der Waals surface area contributed by atoms with Crippen LogP contribution in [-0.2, 0) is 0 Å². The fourth-order valence-electron chi connectivity index (χ4n) is 2.03. The molecule has 1 aliphatic heterocycles. The summed E-state index contributed by atoms with van der Waals surface area (Å²) >= 11 is 0. The number of hydrogen-bond donors (Lipinski definition) is 0. The van der Waals surface area contributed by atoms with Gasteiger partial charge in [0.25, 0.3) is 5.69 Å². The first-order valence-corrected chi connectivity index (χ1v) is 5.05. The van der Waals surface area contributed by atoms with Crippen LogP contribution in [0.4, 0.5) is 15.8 Å². The van der Waals surface area contributed by atoms with E-state index in [0.717, 1.165) is 18.9 Å². The van der Waals surface area contributed by atoms with E-state index in [1.165, 1.54) is 12.1 Å². The zero-order valence-corrected chi connectivity index (χ0v) is 8.56. The maximum atomic E-state index is 13.6. The lowest BCUT2D eigenvalue weighted by molar-refractivity contribution is -0.385. The Balaban J connectivity index is 2.39. The molecule has 0 atom stereocenters. The fourth-order valence-corrected chi connectivity index (χ4v) is 2.03. The third kappa shape index (κ3) is 1.77. The monoisotopic (exact) mass is 226 g/mol. The van der Waals surface area contributed by atoms with Gasteiger partial charge in [0.15, 0.2) is 11.5 Å². The highest BCUT2D eigenvalue weighted by molar-refractivity contribution is 5.50. The topological polar surface area (TPSA) is 66.2 Å². The van der Waals surface area contributed by atoms with E-state index in [1.54, 1.807) is 0 Å². The fraction of sp³-hybridized carbons (Fsp3) is 0.400. The lowest BCUT2D eigenvalue weighted by Crippen LogP contribution is -2.40. The smallest absolute Gasteiger partial charge is 0.272 e. The molecule has 16 heavy (non-hydrogen) atoms. The van der Waals surface area contributed by atoms with Crippen LogP contribution in [0.3, 0.4) is 0 Å². The predicted molar refractivity (Wildman–Crippen MR) is 57.2 cm³/mol. The highest BCUT2D eigenvalue weighted by Crippen LogP contribution is 2.32. The van der Waals surface area contributed by atoms with Gasteiger partial charge in [-0.1, -0.05) is 0 Å². The van der Waals surface area contributed by atoms with Crippen LogP contribution in [0.1, 0.15) is 12.8 Å². The highest BCUT2D eigenvalue weighted by atomic mass is 19.1. The molecule has 1 aromatic rings. The maximum Gasteiger partial charge on any atom is 0.272 e. The van der Waals surface area contributed by atoms with E-state index in [1.807, 2.05) is 0 Å². The summed E-state index contributed by atoms with van der Waals surface area (Å²) in [4.78, 5) is 9.75. The van der Waals surface area contributed by atoms with Gasteiger partial charge in [-0.3, -0.25) is 10.1 Å². The summed E-state index contributed by atoms with van der Waals surface area (Å²) in [5, 5.41) is 22.6. The van der Waals surface area contributed by atoms with Crippen molar-refractivity contribution in [1.29, 1.82) is 0 Å². The minimum atomic E-state index is -0.786. The van der Waals surface area contributed by atoms with Crippen molar-refractivity contribution in [2.75, 3.05) is 13.1 Å². The summed E-state index contributed by atoms with van der Waals surface area (Å²) in [7, 11) is 0. The van der Waals surface area contributed by atoms with Crippen molar-refractivity contribution in [3.63, 3.8) is 0 Å². The Bertz CT molecular complexity index is 430. The number of quaternary nitrogens is 1. The van der Waals surface area contributed by atoms with Gasteiger partial charge in [-0.25, -0.2) is 4.39 Å². The van der Waals surface area contributed by atoms with E-state index in [4.69, 9.17) is 0 Å². The van der Waals surface area contributed by atoms with Crippen LogP contribution in [-0.4, -0.2) is 18.0 Å². The predicted octanol–water partition coefficient (Wildman–Crippen LogP) is 2.33. The summed E-state index contributed by atoms with van der Waals surface area (Å²) in [6.45, 7) is 0.684. The Kier molecular flexibility index (Phi) is 2.61. The molecule has 1 aliphatic rings. The Morgan fingerprint density at radius 2 is 1.94 bits per heavy atom. The van der Waals surface area contributed by atoms with Crippen LogP contribution in [0, 0.1) is 21.1 Å². The molecular weight excluding hydrogens is 215 g/mol. The van der Waals surface area contributed by atoms with Crippen molar-refractivity contribution in [2.45, 2.75) is 12.8 Å². The van der Waals surface area contributed by atoms with Gasteiger partial charge in [-0.15, -0.1) is 0 Å². The zero-order valence-electron chi connectivity index (χ0n) is 8.56. The third-order valence-corrected chi connectivity index (χ3v) is 2.87. The molecule has 0 spiro atoms. The Labute approximate surface area is 91.4 Å². The van der Waals surface area contributed by atoms with E-state index >= 15 is 0 Å². The molecule has 2 rings (SSSR count). The average molecular weight is 226 g/mol. The number of nitrogens with zero attached hydrogens (tertiary/aromatic N) is 2. The van der Waals surface area contributed by atoms with E-state index in [2.05, 4.69) is 0 Å². The lowest BCUT2D eigenvalue weighted by atomic mass is 10.2. The molecule has 0 unspecified atom stereocenters. The summed E-state index contributed by atoms with van der Waals surface area (Å²) in [6, 6.07) is 3.21. The van der Waals surface area contributed by atoms with Crippen molar-refractivity contribution in [3.05, 3.63) is 39.3 Å². The van der Waals surface area contributed by atoms with Crippen LogP contribution < -0.4 is 4.65 Å². The molecular formula is C10H11FN2O3. The minimum absolute atomic E-state index is 0.00287. The van der Waals surface area contributed by atoms with Gasteiger partial charge in [0.2, 0.25) is 0 Å². The van der Waals surface area contributed by atoms with E-state index in [0.29, 0.717) is 13.1 Å². The van der Waals surface area contributed by atoms with Gasteiger partial charge >= 0.3 is 0 Å². The quantitative estimate of drug-likeness (QED) is 0.336. The van der Waals surface area contributed by atoms with Crippen LogP contribution in [0.2, 0.25) is 0 Å². The number of benzene rings is 1. The number of hydroxylamine groups is 2. The maximum absolute atomic E-state index is 13.6. The molecule has 0 saturated carbocycles. The van der Waals surface area contributed by atoms with Crippen molar-refractivity contribution in [1.82, 2.24) is 4.65 Å². The van der Waals surface area contributed by atoms with Crippen LogP contribution in [0.15, 0.2) is 18.2 Å². The molecule has 0 aromatic heterocycles. The third-order valence-electron chi connectivity index (χ3n) is 2.87. The van der Waals surface area contributed by atoms with Crippen LogP contribution >= 0.6 is 0 Å². The summed E-state index contributed by atoms with van der Waals surface area (Å²) in [6.07, 6.45) is 1.53. The molecule has 0 bridgehead atoms. The minimum Gasteiger partial charge on any atom is -0.627 e. The number of rotatable bonds is 2. The molecule has 1 saturated heterocycles. The number of nitro benzene ring substituents is 1. The van der Waals surface area contributed by atoms with Crippen molar-refractivity contribution in [3.8, 4) is 0 Å². The zero-order chi connectivity index (χ0) is 11.8. The lowest BCUT2D eigenvalue weighted by Gasteiger charge is -2.37. The van der Waals surface area contributed by atoms with Gasteiger partial charge in [-0.05, 0) is 0 Å². The van der Waals surface area contributed by atoms with Crippen LogP contribution in [0.5, 0.6) is 0 Å². The molecule has 86 valence electrons. The van der Waals surface area contributed by atoms with Gasteiger partial charge in [-0.2, -0.15) is 0 Å². The number of nitro groups is 1. The van der Waals surface area contributed by atoms with Crippen LogP contribution in [0.25, 0.3) is 0 Å². The first-order chi connectivity index (χ1) is 7.53. The molecule has 0 aliphatic carbocycles. The van der Waals surface area contributed by atoms with Gasteiger partial charge in [0.05, 0.1) is 24.1 Å². The van der Waals surface area contributed by atoms with Gasteiger partial charge < -0.3 is 9.85 Å². The number of non-ortho nitro benzene ring substituents is 1. The number of halogens is 1. The van der Waals surface area contributed by atoms with Crippen molar-refractivity contribution >= 4 is 11.4 Å². The van der Waals surface area contributed by atoms with E-state index < -0.39 is 15.4 Å². The Hall–Kier alpha value is -1.53. The normalized spacial score (nSPS) is 18.6. The Morgan fingerprint density at radius 3 is 2.44 bits per heavy atom. The average Bonchev–Trinajstić information content (AvgIpc) is 2.65. The molecule has 1 aromatic carbocycles.